The van der Waals surface area contributed by atoms with Crippen LogP contribution < -0.4 is 9.47 Å². The fourth-order valence-corrected chi connectivity index (χ4v) is 4.20. The van der Waals surface area contributed by atoms with E-state index in [-0.39, 0.29) is 12.7 Å². The number of aromatic nitrogens is 1. The monoisotopic (exact) mass is 395 g/mol. The average molecular weight is 396 g/mol. The molecule has 0 saturated carbocycles. The Labute approximate surface area is 172 Å². The van der Waals surface area contributed by atoms with Crippen molar-refractivity contribution < 1.29 is 14.3 Å². The summed E-state index contributed by atoms with van der Waals surface area (Å²) in [6, 6.07) is 9.85. The molecule has 0 aliphatic carbocycles. The maximum absolute atomic E-state index is 13.2. The van der Waals surface area contributed by atoms with Gasteiger partial charge in [-0.05, 0) is 74.2 Å². The zero-order valence-corrected chi connectivity index (χ0v) is 17.0. The van der Waals surface area contributed by atoms with Gasteiger partial charge in [-0.3, -0.25) is 9.78 Å². The van der Waals surface area contributed by atoms with Crippen molar-refractivity contribution in [2.75, 3.05) is 26.9 Å². The molecule has 1 fully saturated rings. The number of nitrogens with zero attached hydrogens (tertiary/aromatic N) is 3. The summed E-state index contributed by atoms with van der Waals surface area (Å²) in [6.07, 6.45) is 7.55. The fraction of sp³-hybridized carbons (Fsp3) is 0.478. The fourth-order valence-electron chi connectivity index (χ4n) is 4.20. The summed E-state index contributed by atoms with van der Waals surface area (Å²) in [5.74, 6) is 2.34. The van der Waals surface area contributed by atoms with Crippen molar-refractivity contribution in [3.8, 4) is 11.5 Å². The second-order valence-corrected chi connectivity index (χ2v) is 8.10. The quantitative estimate of drug-likeness (QED) is 0.719. The lowest BCUT2D eigenvalue weighted by Crippen LogP contribution is -2.34. The van der Waals surface area contributed by atoms with E-state index in [1.807, 2.05) is 35.2 Å². The highest BCUT2D eigenvalue weighted by Gasteiger charge is 2.21. The van der Waals surface area contributed by atoms with Crippen LogP contribution in [0.15, 0.2) is 42.7 Å². The zero-order chi connectivity index (χ0) is 20.1. The van der Waals surface area contributed by atoms with Crippen molar-refractivity contribution in [2.45, 2.75) is 38.8 Å². The molecule has 6 nitrogen and oxygen atoms in total. The molecule has 6 heteroatoms. The molecule has 1 unspecified atom stereocenters. The van der Waals surface area contributed by atoms with Crippen molar-refractivity contribution >= 4 is 5.91 Å². The molecule has 0 N–H and O–H groups in total. The van der Waals surface area contributed by atoms with Crippen LogP contribution in [0.25, 0.3) is 0 Å². The first-order valence-electron chi connectivity index (χ1n) is 10.4. The van der Waals surface area contributed by atoms with Gasteiger partial charge in [0.1, 0.15) is 0 Å². The third kappa shape index (κ3) is 5.26. The number of piperidine rings is 1. The number of amides is 1. The van der Waals surface area contributed by atoms with E-state index in [0.29, 0.717) is 25.4 Å². The highest BCUT2D eigenvalue weighted by molar-refractivity contribution is 5.76. The number of rotatable bonds is 7. The van der Waals surface area contributed by atoms with E-state index in [0.717, 1.165) is 35.6 Å². The van der Waals surface area contributed by atoms with Crippen LogP contribution in [-0.2, 0) is 17.9 Å². The second-order valence-electron chi connectivity index (χ2n) is 8.10. The van der Waals surface area contributed by atoms with Crippen molar-refractivity contribution in [3.63, 3.8) is 0 Å². The lowest BCUT2D eigenvalue weighted by molar-refractivity contribution is -0.132. The number of pyridine rings is 1. The molecule has 29 heavy (non-hydrogen) atoms. The highest BCUT2D eigenvalue weighted by atomic mass is 16.7. The molecule has 2 aromatic rings. The van der Waals surface area contributed by atoms with Crippen molar-refractivity contribution in [1.29, 1.82) is 0 Å². The number of hydrogen-bond donors (Lipinski definition) is 0. The van der Waals surface area contributed by atoms with Crippen molar-refractivity contribution in [3.05, 3.63) is 53.9 Å². The SMILES string of the molecule is CN1CCCC(CCC(=O)N(Cc2ccncc2)Cc2ccc3c(c2)OCO3)C1. The number of carbonyl (C=O) groups excluding carboxylic acids is 1. The number of carbonyl (C=O) groups is 1. The molecule has 0 radical (unpaired) electrons. The predicted octanol–water partition coefficient (Wildman–Crippen LogP) is 3.46. The van der Waals surface area contributed by atoms with Crippen LogP contribution in [0.1, 0.15) is 36.8 Å². The van der Waals surface area contributed by atoms with Crippen LogP contribution in [0.4, 0.5) is 0 Å². The molecule has 2 aliphatic rings. The Bertz CT molecular complexity index is 827. The third-order valence-electron chi connectivity index (χ3n) is 5.77. The first-order chi connectivity index (χ1) is 14.2. The second kappa shape index (κ2) is 9.27. The zero-order valence-electron chi connectivity index (χ0n) is 17.0. The molecule has 1 amide bonds. The molecular weight excluding hydrogens is 366 g/mol. The number of likely N-dealkylation sites (tertiary alicyclic amines) is 1. The van der Waals surface area contributed by atoms with Gasteiger partial charge in [0.05, 0.1) is 0 Å². The summed E-state index contributed by atoms with van der Waals surface area (Å²) >= 11 is 0. The van der Waals surface area contributed by atoms with Crippen LogP contribution in [-0.4, -0.2) is 47.6 Å². The van der Waals surface area contributed by atoms with Gasteiger partial charge in [-0.25, -0.2) is 0 Å². The Balaban J connectivity index is 1.43. The van der Waals surface area contributed by atoms with Gasteiger partial charge in [0.2, 0.25) is 12.7 Å². The molecule has 1 aromatic heterocycles. The van der Waals surface area contributed by atoms with Gasteiger partial charge < -0.3 is 19.3 Å². The normalized spacial score (nSPS) is 18.6. The highest BCUT2D eigenvalue weighted by Crippen LogP contribution is 2.33. The van der Waals surface area contributed by atoms with Gasteiger partial charge >= 0.3 is 0 Å². The number of hydrogen-bond acceptors (Lipinski definition) is 5. The number of benzene rings is 1. The van der Waals surface area contributed by atoms with Crippen LogP contribution in [0, 0.1) is 5.92 Å². The summed E-state index contributed by atoms with van der Waals surface area (Å²) in [5, 5.41) is 0. The Morgan fingerprint density at radius 3 is 2.76 bits per heavy atom. The molecule has 2 aliphatic heterocycles. The maximum Gasteiger partial charge on any atom is 0.231 e. The topological polar surface area (TPSA) is 54.9 Å². The Morgan fingerprint density at radius 2 is 1.93 bits per heavy atom. The van der Waals surface area contributed by atoms with E-state index in [1.165, 1.54) is 19.4 Å². The third-order valence-corrected chi connectivity index (χ3v) is 5.77. The lowest BCUT2D eigenvalue weighted by Gasteiger charge is -2.30. The first-order valence-corrected chi connectivity index (χ1v) is 10.4. The van der Waals surface area contributed by atoms with Gasteiger partial charge in [-0.2, -0.15) is 0 Å². The van der Waals surface area contributed by atoms with Crippen LogP contribution >= 0.6 is 0 Å². The maximum atomic E-state index is 13.2. The minimum absolute atomic E-state index is 0.202. The van der Waals surface area contributed by atoms with Gasteiger partial charge in [0.15, 0.2) is 11.5 Å². The van der Waals surface area contributed by atoms with Crippen LogP contribution in [0.2, 0.25) is 0 Å². The van der Waals surface area contributed by atoms with Gasteiger partial charge in [-0.1, -0.05) is 6.07 Å². The first kappa shape index (κ1) is 19.7. The van der Waals surface area contributed by atoms with Crippen LogP contribution in [0.5, 0.6) is 11.5 Å². The largest absolute Gasteiger partial charge is 0.454 e. The van der Waals surface area contributed by atoms with E-state index in [9.17, 15) is 4.79 Å². The molecule has 0 spiro atoms. The van der Waals surface area contributed by atoms with E-state index >= 15 is 0 Å². The minimum atomic E-state index is 0.202. The summed E-state index contributed by atoms with van der Waals surface area (Å²) in [4.78, 5) is 21.6. The molecule has 4 rings (SSSR count). The average Bonchev–Trinajstić information content (AvgIpc) is 3.20. The molecule has 154 valence electrons. The van der Waals surface area contributed by atoms with Gasteiger partial charge in [0, 0.05) is 38.4 Å². The van der Waals surface area contributed by atoms with Gasteiger partial charge in [-0.15, -0.1) is 0 Å². The molecule has 1 saturated heterocycles. The lowest BCUT2D eigenvalue weighted by atomic mass is 9.93. The molecule has 1 aromatic carbocycles. The molecule has 0 bridgehead atoms. The van der Waals surface area contributed by atoms with Gasteiger partial charge in [0.25, 0.3) is 0 Å². The van der Waals surface area contributed by atoms with E-state index in [2.05, 4.69) is 16.9 Å². The van der Waals surface area contributed by atoms with Crippen molar-refractivity contribution in [2.24, 2.45) is 5.92 Å². The standard InChI is InChI=1S/C23H29N3O3/c1-25-12-2-3-18(14-25)5-7-23(27)26(15-19-8-10-24-11-9-19)16-20-4-6-21-22(13-20)29-17-28-21/h4,6,8-11,13,18H,2-3,5,7,12,14-17H2,1H3. The molecular formula is C23H29N3O3. The van der Waals surface area contributed by atoms with Crippen LogP contribution in [0.3, 0.4) is 0 Å². The predicted molar refractivity (Wildman–Crippen MR) is 111 cm³/mol. The number of ether oxygens (including phenoxy) is 2. The number of fused-ring (bicyclic) bond motifs is 1. The smallest absolute Gasteiger partial charge is 0.231 e. The summed E-state index contributed by atoms with van der Waals surface area (Å²) < 4.78 is 10.9. The summed E-state index contributed by atoms with van der Waals surface area (Å²) in [5.41, 5.74) is 2.14. The minimum Gasteiger partial charge on any atom is -0.454 e. The Kier molecular flexibility index (Phi) is 6.30. The van der Waals surface area contributed by atoms with E-state index in [1.54, 1.807) is 12.4 Å². The molecule has 1 atom stereocenters. The summed E-state index contributed by atoms with van der Waals surface area (Å²) in [7, 11) is 2.17. The van der Waals surface area contributed by atoms with E-state index in [4.69, 9.17) is 9.47 Å². The molecule has 3 heterocycles. The Hall–Kier alpha value is -2.60. The van der Waals surface area contributed by atoms with Crippen molar-refractivity contribution in [1.82, 2.24) is 14.8 Å². The summed E-state index contributed by atoms with van der Waals surface area (Å²) in [6.45, 7) is 3.67. The Morgan fingerprint density at radius 1 is 1.14 bits per heavy atom. The van der Waals surface area contributed by atoms with E-state index < -0.39 is 0 Å².